The van der Waals surface area contributed by atoms with Gasteiger partial charge >= 0.3 is 0 Å². The van der Waals surface area contributed by atoms with Crippen LogP contribution in [0.5, 0.6) is 0 Å². The van der Waals surface area contributed by atoms with E-state index in [1.807, 2.05) is 59.5 Å². The maximum absolute atomic E-state index is 13.5. The van der Waals surface area contributed by atoms with Crippen molar-refractivity contribution in [3.63, 3.8) is 0 Å². The van der Waals surface area contributed by atoms with Crippen LogP contribution in [0.25, 0.3) is 17.2 Å². The van der Waals surface area contributed by atoms with E-state index in [9.17, 15) is 14.4 Å². The number of hydrogen-bond donors (Lipinski definition) is 1. The van der Waals surface area contributed by atoms with Crippen molar-refractivity contribution in [1.82, 2.24) is 15.2 Å². The van der Waals surface area contributed by atoms with E-state index >= 15 is 0 Å². The number of aromatic nitrogens is 1. The van der Waals surface area contributed by atoms with Crippen LogP contribution in [0.3, 0.4) is 0 Å². The zero-order chi connectivity index (χ0) is 25.6. The number of rotatable bonds is 8. The van der Waals surface area contributed by atoms with Crippen LogP contribution in [0, 0.1) is 5.92 Å². The Hall–Kier alpha value is -4.06. The molecule has 6 nitrogen and oxygen atoms in total. The molecule has 3 aromatic rings. The highest BCUT2D eigenvalue weighted by atomic mass is 16.2. The van der Waals surface area contributed by atoms with Crippen molar-refractivity contribution in [2.24, 2.45) is 5.92 Å². The summed E-state index contributed by atoms with van der Waals surface area (Å²) in [5, 5.41) is 2.94. The second-order valence-corrected chi connectivity index (χ2v) is 9.74. The molecule has 5 rings (SSSR count). The van der Waals surface area contributed by atoms with Gasteiger partial charge in [0, 0.05) is 60.4 Å². The van der Waals surface area contributed by atoms with E-state index in [1.165, 1.54) is 0 Å². The number of nitrogens with one attached hydrogen (secondary N) is 1. The third-order valence-corrected chi connectivity index (χ3v) is 7.33. The smallest absolute Gasteiger partial charge is 0.254 e. The van der Waals surface area contributed by atoms with Crippen LogP contribution >= 0.6 is 0 Å². The van der Waals surface area contributed by atoms with E-state index in [0.717, 1.165) is 61.9 Å². The second kappa shape index (κ2) is 11.3. The molecule has 0 radical (unpaired) electrons. The van der Waals surface area contributed by atoms with Crippen LogP contribution in [0.2, 0.25) is 0 Å². The van der Waals surface area contributed by atoms with Crippen LogP contribution in [0.1, 0.15) is 63.9 Å². The summed E-state index contributed by atoms with van der Waals surface area (Å²) in [7, 11) is 0. The summed E-state index contributed by atoms with van der Waals surface area (Å²) in [6.45, 7) is 2.13. The SMILES string of the molecule is O=C(/C=C\c1cccnc1)NCCCCC1CCN(C(=O)c2cccc3c2-c2ccccc2C3=O)CC1. The Morgan fingerprint density at radius 3 is 2.51 bits per heavy atom. The maximum atomic E-state index is 13.5. The second-order valence-electron chi connectivity index (χ2n) is 9.74. The lowest BCUT2D eigenvalue weighted by molar-refractivity contribution is -0.116. The molecule has 0 atom stereocenters. The van der Waals surface area contributed by atoms with Crippen molar-refractivity contribution in [2.75, 3.05) is 19.6 Å². The van der Waals surface area contributed by atoms with Crippen molar-refractivity contribution < 1.29 is 14.4 Å². The Morgan fingerprint density at radius 1 is 0.946 bits per heavy atom. The zero-order valence-electron chi connectivity index (χ0n) is 20.9. The number of unbranched alkanes of at least 4 members (excludes halogenated alkanes) is 1. The van der Waals surface area contributed by atoms with Crippen LogP contribution < -0.4 is 5.32 Å². The molecule has 2 heterocycles. The highest BCUT2D eigenvalue weighted by Crippen LogP contribution is 2.39. The van der Waals surface area contributed by atoms with Gasteiger partial charge in [-0.2, -0.15) is 0 Å². The van der Waals surface area contributed by atoms with Crippen LogP contribution in [-0.2, 0) is 4.79 Å². The summed E-state index contributed by atoms with van der Waals surface area (Å²) in [6.07, 6.45) is 11.8. The average Bonchev–Trinajstić information content (AvgIpc) is 3.24. The van der Waals surface area contributed by atoms with E-state index in [2.05, 4.69) is 10.3 Å². The number of fused-ring (bicyclic) bond motifs is 3. The molecule has 2 amide bonds. The Labute approximate surface area is 217 Å². The van der Waals surface area contributed by atoms with Gasteiger partial charge in [0.25, 0.3) is 5.91 Å². The van der Waals surface area contributed by atoms with Crippen molar-refractivity contribution in [1.29, 1.82) is 0 Å². The number of hydrogen-bond acceptors (Lipinski definition) is 4. The number of carbonyl (C=O) groups excluding carboxylic acids is 3. The summed E-state index contributed by atoms with van der Waals surface area (Å²) < 4.78 is 0. The number of nitrogens with zero attached hydrogens (tertiary/aromatic N) is 2. The third kappa shape index (κ3) is 5.53. The van der Waals surface area contributed by atoms with E-state index in [4.69, 9.17) is 0 Å². The lowest BCUT2D eigenvalue weighted by atomic mass is 9.90. The first-order valence-electron chi connectivity index (χ1n) is 13.0. The quantitative estimate of drug-likeness (QED) is 0.272. The van der Waals surface area contributed by atoms with Crippen molar-refractivity contribution in [3.05, 3.63) is 95.3 Å². The van der Waals surface area contributed by atoms with Gasteiger partial charge in [-0.1, -0.05) is 55.3 Å². The number of benzene rings is 2. The molecule has 2 aromatic carbocycles. The predicted molar refractivity (Wildman–Crippen MR) is 144 cm³/mol. The fourth-order valence-electron chi connectivity index (χ4n) is 5.32. The molecule has 0 saturated carbocycles. The van der Waals surface area contributed by atoms with Gasteiger partial charge in [-0.15, -0.1) is 0 Å². The van der Waals surface area contributed by atoms with Crippen LogP contribution in [0.15, 0.2) is 73.1 Å². The summed E-state index contributed by atoms with van der Waals surface area (Å²) in [5.41, 5.74) is 4.48. The Kier molecular flexibility index (Phi) is 7.54. The average molecular weight is 494 g/mol. The summed E-state index contributed by atoms with van der Waals surface area (Å²) in [4.78, 5) is 44.2. The molecule has 6 heteroatoms. The predicted octanol–water partition coefficient (Wildman–Crippen LogP) is 5.15. The first-order chi connectivity index (χ1) is 18.1. The molecule has 188 valence electrons. The third-order valence-electron chi connectivity index (χ3n) is 7.33. The summed E-state index contributed by atoms with van der Waals surface area (Å²) in [5.74, 6) is 0.517. The van der Waals surface area contributed by atoms with E-state index < -0.39 is 0 Å². The monoisotopic (exact) mass is 493 g/mol. The number of likely N-dealkylation sites (tertiary alicyclic amines) is 1. The molecule has 1 aromatic heterocycles. The van der Waals surface area contributed by atoms with Gasteiger partial charge in [0.1, 0.15) is 0 Å². The fourth-order valence-corrected chi connectivity index (χ4v) is 5.32. The molecule has 37 heavy (non-hydrogen) atoms. The number of amides is 2. The molecule has 1 aliphatic carbocycles. The number of ketones is 1. The largest absolute Gasteiger partial charge is 0.353 e. The molecular weight excluding hydrogens is 462 g/mol. The zero-order valence-corrected chi connectivity index (χ0v) is 20.9. The van der Waals surface area contributed by atoms with E-state index in [1.54, 1.807) is 24.5 Å². The number of pyridine rings is 1. The molecule has 0 bridgehead atoms. The molecule has 1 aliphatic heterocycles. The van der Waals surface area contributed by atoms with Crippen molar-refractivity contribution in [3.8, 4) is 11.1 Å². The minimum Gasteiger partial charge on any atom is -0.353 e. The Balaban J connectivity index is 1.07. The van der Waals surface area contributed by atoms with Gasteiger partial charge < -0.3 is 10.2 Å². The molecule has 0 spiro atoms. The van der Waals surface area contributed by atoms with Gasteiger partial charge in [-0.3, -0.25) is 19.4 Å². The minimum absolute atomic E-state index is 0.000311. The lowest BCUT2D eigenvalue weighted by Gasteiger charge is -2.32. The topological polar surface area (TPSA) is 79.4 Å². The molecule has 0 unspecified atom stereocenters. The summed E-state index contributed by atoms with van der Waals surface area (Å²) in [6, 6.07) is 16.8. The first-order valence-corrected chi connectivity index (χ1v) is 13.0. The standard InChI is InChI=1S/C31H31N3O3/c35-28(14-13-23-8-6-17-32-21-23)33-18-4-3-7-22-15-19-34(20-16-22)31(37)27-12-5-11-26-29(27)24-9-1-2-10-25(24)30(26)36/h1-2,5-6,8-14,17,21-22H,3-4,7,15-16,18-20H2,(H,33,35)/b14-13-. The molecular formula is C31H31N3O3. The number of piperidine rings is 1. The van der Waals surface area contributed by atoms with Crippen molar-refractivity contribution >= 4 is 23.7 Å². The minimum atomic E-state index is -0.0904. The normalized spacial score (nSPS) is 15.0. The highest BCUT2D eigenvalue weighted by molar-refractivity contribution is 6.24. The Bertz CT molecular complexity index is 1320. The van der Waals surface area contributed by atoms with Crippen LogP contribution in [0.4, 0.5) is 0 Å². The molecule has 1 N–H and O–H groups in total. The molecule has 1 saturated heterocycles. The van der Waals surface area contributed by atoms with E-state index in [-0.39, 0.29) is 17.6 Å². The van der Waals surface area contributed by atoms with Crippen LogP contribution in [-0.4, -0.2) is 47.1 Å². The van der Waals surface area contributed by atoms with Gasteiger partial charge in [-0.05, 0) is 54.5 Å². The highest BCUT2D eigenvalue weighted by Gasteiger charge is 2.32. The molecule has 1 fully saturated rings. The van der Waals surface area contributed by atoms with Crippen molar-refractivity contribution in [2.45, 2.75) is 32.1 Å². The number of carbonyl (C=O) groups is 3. The van der Waals surface area contributed by atoms with Gasteiger partial charge in [0.15, 0.2) is 5.78 Å². The fraction of sp³-hybridized carbons (Fsp3) is 0.290. The first kappa shape index (κ1) is 24.6. The molecule has 2 aliphatic rings. The lowest BCUT2D eigenvalue weighted by Crippen LogP contribution is -2.38. The van der Waals surface area contributed by atoms with Gasteiger partial charge in [-0.25, -0.2) is 0 Å². The Morgan fingerprint density at radius 2 is 1.73 bits per heavy atom. The summed E-state index contributed by atoms with van der Waals surface area (Å²) >= 11 is 0. The van der Waals surface area contributed by atoms with Gasteiger partial charge in [0.05, 0.1) is 0 Å². The van der Waals surface area contributed by atoms with Gasteiger partial charge in [0.2, 0.25) is 5.91 Å². The maximum Gasteiger partial charge on any atom is 0.254 e. The van der Waals surface area contributed by atoms with E-state index in [0.29, 0.717) is 29.2 Å².